The standard InChI is InChI=1S/C12H10BrF2N3/c1-6-2-3-7(14)4-8(6)10-5-9(15)11-16-12(13)17-18(10)11/h2-4,9-10H,5H2,1H3/t9-,10-/m0/s1. The number of aryl methyl sites for hydroxylation is 1. The van der Waals surface area contributed by atoms with Crippen LogP contribution in [-0.4, -0.2) is 14.8 Å². The van der Waals surface area contributed by atoms with Crippen LogP contribution in [0.25, 0.3) is 0 Å². The molecule has 1 aromatic heterocycles. The summed E-state index contributed by atoms with van der Waals surface area (Å²) in [6.45, 7) is 1.88. The van der Waals surface area contributed by atoms with E-state index in [1.54, 1.807) is 6.07 Å². The Morgan fingerprint density at radius 3 is 3.00 bits per heavy atom. The molecule has 0 aliphatic carbocycles. The molecule has 0 saturated heterocycles. The zero-order valence-electron chi connectivity index (χ0n) is 9.57. The molecule has 0 unspecified atom stereocenters. The van der Waals surface area contributed by atoms with Crippen LogP contribution < -0.4 is 0 Å². The van der Waals surface area contributed by atoms with Crippen LogP contribution in [-0.2, 0) is 0 Å². The maximum absolute atomic E-state index is 13.9. The highest BCUT2D eigenvalue weighted by atomic mass is 79.9. The van der Waals surface area contributed by atoms with Crippen molar-refractivity contribution < 1.29 is 8.78 Å². The number of fused-ring (bicyclic) bond motifs is 1. The summed E-state index contributed by atoms with van der Waals surface area (Å²) >= 11 is 3.13. The Labute approximate surface area is 111 Å². The fourth-order valence-electron chi connectivity index (χ4n) is 2.38. The lowest BCUT2D eigenvalue weighted by Crippen LogP contribution is -2.09. The summed E-state index contributed by atoms with van der Waals surface area (Å²) in [5.74, 6) is -0.0193. The predicted molar refractivity (Wildman–Crippen MR) is 65.5 cm³/mol. The van der Waals surface area contributed by atoms with E-state index in [2.05, 4.69) is 26.0 Å². The van der Waals surface area contributed by atoms with Gasteiger partial charge in [0.15, 0.2) is 12.0 Å². The van der Waals surface area contributed by atoms with Gasteiger partial charge in [0.25, 0.3) is 0 Å². The van der Waals surface area contributed by atoms with Crippen molar-refractivity contribution in [2.24, 2.45) is 0 Å². The summed E-state index contributed by atoms with van der Waals surface area (Å²) in [6, 6.07) is 4.25. The van der Waals surface area contributed by atoms with Gasteiger partial charge >= 0.3 is 0 Å². The average molecular weight is 314 g/mol. The molecule has 1 aliphatic rings. The van der Waals surface area contributed by atoms with Crippen molar-refractivity contribution in [2.45, 2.75) is 25.6 Å². The van der Waals surface area contributed by atoms with Gasteiger partial charge in [-0.15, -0.1) is 5.10 Å². The van der Waals surface area contributed by atoms with Crippen molar-refractivity contribution in [1.82, 2.24) is 14.8 Å². The highest BCUT2D eigenvalue weighted by Gasteiger charge is 2.35. The number of benzene rings is 1. The molecule has 18 heavy (non-hydrogen) atoms. The molecule has 0 amide bonds. The molecule has 6 heteroatoms. The monoisotopic (exact) mass is 313 g/mol. The molecule has 3 nitrogen and oxygen atoms in total. The largest absolute Gasteiger partial charge is 0.239 e. The summed E-state index contributed by atoms with van der Waals surface area (Å²) in [5, 5.41) is 4.13. The first-order chi connectivity index (χ1) is 8.56. The first-order valence-corrected chi connectivity index (χ1v) is 6.37. The molecule has 0 saturated carbocycles. The normalized spacial score (nSPS) is 22.2. The molecule has 0 fully saturated rings. The molecule has 1 aliphatic heterocycles. The van der Waals surface area contributed by atoms with Gasteiger partial charge in [-0.3, -0.25) is 0 Å². The number of rotatable bonds is 1. The molecular weight excluding hydrogens is 304 g/mol. The fourth-order valence-corrected chi connectivity index (χ4v) is 2.73. The van der Waals surface area contributed by atoms with E-state index >= 15 is 0 Å². The Kier molecular flexibility index (Phi) is 2.69. The smallest absolute Gasteiger partial charge is 0.217 e. The molecule has 0 bridgehead atoms. The summed E-state index contributed by atoms with van der Waals surface area (Å²) in [4.78, 5) is 4.00. The summed E-state index contributed by atoms with van der Waals surface area (Å²) < 4.78 is 29.1. The number of halogens is 3. The van der Waals surface area contributed by atoms with Crippen LogP contribution in [0.5, 0.6) is 0 Å². The molecular formula is C12H10BrF2N3. The van der Waals surface area contributed by atoms with E-state index in [9.17, 15) is 8.78 Å². The van der Waals surface area contributed by atoms with Gasteiger partial charge in [0.2, 0.25) is 4.73 Å². The molecule has 3 rings (SSSR count). The van der Waals surface area contributed by atoms with Crippen LogP contribution in [0.15, 0.2) is 22.9 Å². The topological polar surface area (TPSA) is 30.7 Å². The highest BCUT2D eigenvalue weighted by molar-refractivity contribution is 9.10. The van der Waals surface area contributed by atoms with E-state index in [-0.39, 0.29) is 18.3 Å². The zero-order chi connectivity index (χ0) is 12.9. The Hall–Kier alpha value is -1.30. The van der Waals surface area contributed by atoms with Gasteiger partial charge in [-0.05, 0) is 46.1 Å². The van der Waals surface area contributed by atoms with Gasteiger partial charge in [-0.1, -0.05) is 6.07 Å². The first kappa shape index (κ1) is 11.8. The number of alkyl halides is 1. The number of aromatic nitrogens is 3. The van der Waals surface area contributed by atoms with E-state index in [0.717, 1.165) is 11.1 Å². The van der Waals surface area contributed by atoms with Gasteiger partial charge < -0.3 is 0 Å². The van der Waals surface area contributed by atoms with Gasteiger partial charge in [0.05, 0.1) is 6.04 Å². The third-order valence-electron chi connectivity index (χ3n) is 3.24. The van der Waals surface area contributed by atoms with E-state index in [4.69, 9.17) is 0 Å². The molecule has 2 atom stereocenters. The maximum Gasteiger partial charge on any atom is 0.217 e. The second-order valence-corrected chi connectivity index (χ2v) is 5.11. The maximum atomic E-state index is 13.9. The van der Waals surface area contributed by atoms with Crippen LogP contribution in [0.2, 0.25) is 0 Å². The van der Waals surface area contributed by atoms with Gasteiger partial charge in [-0.2, -0.15) is 0 Å². The minimum absolute atomic E-state index is 0.257. The van der Waals surface area contributed by atoms with Crippen LogP contribution in [0, 0.1) is 12.7 Å². The molecule has 1 aromatic carbocycles. The van der Waals surface area contributed by atoms with Gasteiger partial charge in [0, 0.05) is 6.42 Å². The summed E-state index contributed by atoms with van der Waals surface area (Å²) in [6.07, 6.45) is -0.899. The van der Waals surface area contributed by atoms with Crippen molar-refractivity contribution in [2.75, 3.05) is 0 Å². The van der Waals surface area contributed by atoms with Gasteiger partial charge in [0.1, 0.15) is 5.82 Å². The van der Waals surface area contributed by atoms with E-state index in [1.807, 2.05) is 6.92 Å². The van der Waals surface area contributed by atoms with Gasteiger partial charge in [-0.25, -0.2) is 18.4 Å². The van der Waals surface area contributed by atoms with Crippen molar-refractivity contribution in [1.29, 1.82) is 0 Å². The Balaban J connectivity index is 2.11. The van der Waals surface area contributed by atoms with E-state index < -0.39 is 6.17 Å². The van der Waals surface area contributed by atoms with Crippen LogP contribution in [0.3, 0.4) is 0 Å². The predicted octanol–water partition coefficient (Wildman–Crippen LogP) is 3.49. The Morgan fingerprint density at radius 1 is 1.44 bits per heavy atom. The lowest BCUT2D eigenvalue weighted by molar-refractivity contribution is 0.328. The van der Waals surface area contributed by atoms with Crippen molar-refractivity contribution >= 4 is 15.9 Å². The van der Waals surface area contributed by atoms with E-state index in [0.29, 0.717) is 10.6 Å². The molecule has 94 valence electrons. The number of nitrogens with zero attached hydrogens (tertiary/aromatic N) is 3. The number of hydrogen-bond acceptors (Lipinski definition) is 2. The molecule has 0 radical (unpaired) electrons. The highest BCUT2D eigenvalue weighted by Crippen LogP contribution is 2.40. The summed E-state index contributed by atoms with van der Waals surface area (Å²) in [5.41, 5.74) is 1.68. The lowest BCUT2D eigenvalue weighted by Gasteiger charge is -2.14. The molecule has 0 N–H and O–H groups in total. The van der Waals surface area contributed by atoms with Crippen LogP contribution in [0.4, 0.5) is 8.78 Å². The molecule has 2 heterocycles. The Bertz CT molecular complexity index is 611. The SMILES string of the molecule is Cc1ccc(F)cc1[C@@H]1C[C@H](F)c2nc(Br)nn21. The third-order valence-corrected chi connectivity index (χ3v) is 3.57. The second-order valence-electron chi connectivity index (χ2n) is 4.40. The van der Waals surface area contributed by atoms with Crippen LogP contribution in [0.1, 0.15) is 35.6 Å². The first-order valence-electron chi connectivity index (χ1n) is 5.58. The molecule has 2 aromatic rings. The fraction of sp³-hybridized carbons (Fsp3) is 0.333. The quantitative estimate of drug-likeness (QED) is 0.807. The Morgan fingerprint density at radius 2 is 2.22 bits per heavy atom. The van der Waals surface area contributed by atoms with Crippen molar-refractivity contribution in [3.8, 4) is 0 Å². The zero-order valence-corrected chi connectivity index (χ0v) is 11.2. The molecule has 0 spiro atoms. The summed E-state index contributed by atoms with van der Waals surface area (Å²) in [7, 11) is 0. The van der Waals surface area contributed by atoms with Crippen LogP contribution >= 0.6 is 15.9 Å². The van der Waals surface area contributed by atoms with Crippen molar-refractivity contribution in [3.05, 3.63) is 45.7 Å². The minimum atomic E-state index is -1.16. The van der Waals surface area contributed by atoms with Crippen molar-refractivity contribution in [3.63, 3.8) is 0 Å². The van der Waals surface area contributed by atoms with E-state index in [1.165, 1.54) is 16.8 Å². The minimum Gasteiger partial charge on any atom is -0.239 e. The third kappa shape index (κ3) is 1.75. The lowest BCUT2D eigenvalue weighted by atomic mass is 9.99. The average Bonchev–Trinajstić information content (AvgIpc) is 2.82. The number of hydrogen-bond donors (Lipinski definition) is 0. The second kappa shape index (κ2) is 4.12.